The summed E-state index contributed by atoms with van der Waals surface area (Å²) in [6.45, 7) is 7.48. The maximum absolute atomic E-state index is 10.6. The van der Waals surface area contributed by atoms with Gasteiger partial charge >= 0.3 is 0 Å². The van der Waals surface area contributed by atoms with Gasteiger partial charge in [0.2, 0.25) is 0 Å². The molecule has 31 heavy (non-hydrogen) atoms. The number of aliphatic imine (C=N–C) groups is 1. The molecule has 1 heterocycles. The Morgan fingerprint density at radius 1 is 1.10 bits per heavy atom. The molecular formula is C24H31IN4O2. The van der Waals surface area contributed by atoms with Gasteiger partial charge in [-0.05, 0) is 49.9 Å². The van der Waals surface area contributed by atoms with Crippen molar-refractivity contribution in [1.29, 1.82) is 0 Å². The maximum atomic E-state index is 10.6. The van der Waals surface area contributed by atoms with Crippen molar-refractivity contribution < 1.29 is 9.84 Å². The predicted octanol–water partition coefficient (Wildman–Crippen LogP) is 4.43. The zero-order valence-electron chi connectivity index (χ0n) is 18.2. The van der Waals surface area contributed by atoms with E-state index in [-0.39, 0.29) is 30.1 Å². The van der Waals surface area contributed by atoms with Gasteiger partial charge in [-0.2, -0.15) is 0 Å². The van der Waals surface area contributed by atoms with Crippen LogP contribution in [-0.4, -0.2) is 35.2 Å². The molecule has 3 aromatic rings. The molecule has 3 rings (SSSR count). The summed E-state index contributed by atoms with van der Waals surface area (Å²) in [7, 11) is 0. The Morgan fingerprint density at radius 2 is 1.90 bits per heavy atom. The van der Waals surface area contributed by atoms with Crippen molar-refractivity contribution in [2.24, 2.45) is 4.99 Å². The van der Waals surface area contributed by atoms with Crippen LogP contribution in [0.2, 0.25) is 0 Å². The summed E-state index contributed by atoms with van der Waals surface area (Å²) < 4.78 is 5.72. The Balaban J connectivity index is 0.00000341. The lowest BCUT2D eigenvalue weighted by atomic mass is 10.1. The molecule has 0 bridgehead atoms. The number of ether oxygens (including phenoxy) is 1. The van der Waals surface area contributed by atoms with E-state index in [1.54, 1.807) is 0 Å². The highest BCUT2D eigenvalue weighted by atomic mass is 127. The van der Waals surface area contributed by atoms with Gasteiger partial charge < -0.3 is 20.5 Å². The standard InChI is InChI=1S/C24H30N4O2.HI/c1-4-25-24(27-15-22-21-11-6-5-8-18(21)12-13-26-22)28-16-23(29)19-9-7-10-20(14-19)30-17(2)3;/h5-14,17,23,29H,4,15-16H2,1-3H3,(H2,25,27,28);1H. The number of fused-ring (bicyclic) bond motifs is 1. The number of aliphatic hydroxyl groups is 1. The van der Waals surface area contributed by atoms with Crippen LogP contribution in [0.3, 0.4) is 0 Å². The van der Waals surface area contributed by atoms with Gasteiger partial charge in [-0.1, -0.05) is 36.4 Å². The Labute approximate surface area is 201 Å². The van der Waals surface area contributed by atoms with E-state index in [4.69, 9.17) is 4.74 Å². The number of nitrogens with zero attached hydrogens (tertiary/aromatic N) is 2. The Hall–Kier alpha value is -2.39. The topological polar surface area (TPSA) is 78.8 Å². The van der Waals surface area contributed by atoms with Gasteiger partial charge in [-0.15, -0.1) is 24.0 Å². The van der Waals surface area contributed by atoms with Crippen LogP contribution in [0, 0.1) is 0 Å². The second kappa shape index (κ2) is 12.5. The summed E-state index contributed by atoms with van der Waals surface area (Å²) in [6, 6.07) is 17.7. The molecule has 0 fully saturated rings. The van der Waals surface area contributed by atoms with Gasteiger partial charge in [0, 0.05) is 24.7 Å². The largest absolute Gasteiger partial charge is 0.491 e. The quantitative estimate of drug-likeness (QED) is 0.227. The third kappa shape index (κ3) is 7.36. The highest BCUT2D eigenvalue weighted by Gasteiger charge is 2.10. The summed E-state index contributed by atoms with van der Waals surface area (Å²) in [6.07, 6.45) is 1.22. The number of hydrogen-bond donors (Lipinski definition) is 3. The molecule has 1 aromatic heterocycles. The molecule has 1 unspecified atom stereocenters. The molecule has 0 aliphatic rings. The number of aliphatic hydroxyl groups excluding tert-OH is 1. The third-order valence-corrected chi connectivity index (χ3v) is 4.56. The van der Waals surface area contributed by atoms with E-state index in [0.717, 1.165) is 34.3 Å². The smallest absolute Gasteiger partial charge is 0.191 e. The predicted molar refractivity (Wildman–Crippen MR) is 137 cm³/mol. The first-order valence-corrected chi connectivity index (χ1v) is 10.4. The molecule has 0 radical (unpaired) electrons. The van der Waals surface area contributed by atoms with Gasteiger partial charge in [0.05, 0.1) is 24.4 Å². The van der Waals surface area contributed by atoms with Crippen LogP contribution < -0.4 is 15.4 Å². The van der Waals surface area contributed by atoms with Gasteiger partial charge in [0.1, 0.15) is 5.75 Å². The van der Waals surface area contributed by atoms with E-state index in [1.165, 1.54) is 0 Å². The first kappa shape index (κ1) is 24.9. The van der Waals surface area contributed by atoms with Gasteiger partial charge in [0.25, 0.3) is 0 Å². The van der Waals surface area contributed by atoms with E-state index in [9.17, 15) is 5.11 Å². The van der Waals surface area contributed by atoms with Crippen LogP contribution in [0.15, 0.2) is 65.8 Å². The van der Waals surface area contributed by atoms with Crippen molar-refractivity contribution in [2.45, 2.75) is 39.5 Å². The van der Waals surface area contributed by atoms with Crippen LogP contribution >= 0.6 is 24.0 Å². The summed E-state index contributed by atoms with van der Waals surface area (Å²) >= 11 is 0. The number of rotatable bonds is 8. The molecule has 0 aliphatic carbocycles. The second-order valence-electron chi connectivity index (χ2n) is 7.31. The van der Waals surface area contributed by atoms with Crippen LogP contribution in [0.4, 0.5) is 0 Å². The molecule has 0 saturated heterocycles. The number of nitrogens with one attached hydrogen (secondary N) is 2. The van der Waals surface area contributed by atoms with Crippen molar-refractivity contribution in [3.05, 3.63) is 72.1 Å². The zero-order chi connectivity index (χ0) is 21.3. The molecular weight excluding hydrogens is 503 g/mol. The van der Waals surface area contributed by atoms with Gasteiger partial charge in [-0.25, -0.2) is 4.99 Å². The molecule has 1 atom stereocenters. The highest BCUT2D eigenvalue weighted by molar-refractivity contribution is 14.0. The minimum atomic E-state index is -0.680. The molecule has 0 amide bonds. The SMILES string of the molecule is CCNC(=NCc1nccc2ccccc12)NCC(O)c1cccc(OC(C)C)c1.I. The number of halogens is 1. The monoisotopic (exact) mass is 534 g/mol. The van der Waals surface area contributed by atoms with E-state index in [0.29, 0.717) is 19.0 Å². The van der Waals surface area contributed by atoms with Crippen molar-refractivity contribution in [1.82, 2.24) is 15.6 Å². The average molecular weight is 534 g/mol. The lowest BCUT2D eigenvalue weighted by Crippen LogP contribution is -2.39. The Bertz CT molecular complexity index is 989. The third-order valence-electron chi connectivity index (χ3n) is 4.56. The molecule has 166 valence electrons. The summed E-state index contributed by atoms with van der Waals surface area (Å²) in [4.78, 5) is 9.14. The number of pyridine rings is 1. The highest BCUT2D eigenvalue weighted by Crippen LogP contribution is 2.20. The minimum Gasteiger partial charge on any atom is -0.491 e. The fourth-order valence-corrected chi connectivity index (χ4v) is 3.18. The first-order valence-electron chi connectivity index (χ1n) is 10.4. The van der Waals surface area contributed by atoms with Crippen LogP contribution in [0.5, 0.6) is 5.75 Å². The Morgan fingerprint density at radius 3 is 2.68 bits per heavy atom. The number of benzene rings is 2. The van der Waals surface area contributed by atoms with Crippen molar-refractivity contribution in [2.75, 3.05) is 13.1 Å². The molecule has 0 aliphatic heterocycles. The fraction of sp³-hybridized carbons (Fsp3) is 0.333. The average Bonchev–Trinajstić information content (AvgIpc) is 2.75. The van der Waals surface area contributed by atoms with Crippen LogP contribution in [-0.2, 0) is 6.54 Å². The number of hydrogen-bond acceptors (Lipinski definition) is 4. The second-order valence-corrected chi connectivity index (χ2v) is 7.31. The lowest BCUT2D eigenvalue weighted by Gasteiger charge is -2.17. The molecule has 3 N–H and O–H groups in total. The molecule has 2 aromatic carbocycles. The first-order chi connectivity index (χ1) is 14.6. The molecule has 6 nitrogen and oxygen atoms in total. The number of guanidine groups is 1. The minimum absolute atomic E-state index is 0. The summed E-state index contributed by atoms with van der Waals surface area (Å²) in [5, 5.41) is 19.3. The van der Waals surface area contributed by atoms with Crippen molar-refractivity contribution in [3.63, 3.8) is 0 Å². The lowest BCUT2D eigenvalue weighted by molar-refractivity contribution is 0.179. The van der Waals surface area contributed by atoms with Gasteiger partial charge in [-0.3, -0.25) is 4.98 Å². The zero-order valence-corrected chi connectivity index (χ0v) is 20.5. The van der Waals surface area contributed by atoms with E-state index < -0.39 is 6.10 Å². The molecule has 0 spiro atoms. The van der Waals surface area contributed by atoms with Crippen molar-refractivity contribution in [3.8, 4) is 5.75 Å². The van der Waals surface area contributed by atoms with E-state index in [2.05, 4.69) is 32.7 Å². The van der Waals surface area contributed by atoms with Crippen LogP contribution in [0.1, 0.15) is 38.1 Å². The molecule has 7 heteroatoms. The maximum Gasteiger partial charge on any atom is 0.191 e. The van der Waals surface area contributed by atoms with Crippen LogP contribution in [0.25, 0.3) is 10.8 Å². The van der Waals surface area contributed by atoms with E-state index >= 15 is 0 Å². The van der Waals surface area contributed by atoms with E-state index in [1.807, 2.05) is 69.4 Å². The normalized spacial score (nSPS) is 12.4. The van der Waals surface area contributed by atoms with Gasteiger partial charge in [0.15, 0.2) is 5.96 Å². The van der Waals surface area contributed by atoms with Crippen molar-refractivity contribution >= 4 is 40.7 Å². The Kier molecular flexibility index (Phi) is 10.00. The summed E-state index contributed by atoms with van der Waals surface area (Å²) in [5.74, 6) is 1.39. The number of aromatic nitrogens is 1. The summed E-state index contributed by atoms with van der Waals surface area (Å²) in [5.41, 5.74) is 1.72. The molecule has 0 saturated carbocycles. The fourth-order valence-electron chi connectivity index (χ4n) is 3.18.